The van der Waals surface area contributed by atoms with E-state index in [4.69, 9.17) is 14.2 Å². The molecule has 0 fully saturated rings. The van der Waals surface area contributed by atoms with E-state index in [-0.39, 0.29) is 5.91 Å². The van der Waals surface area contributed by atoms with Crippen LogP contribution in [0.25, 0.3) is 6.08 Å². The number of amides is 1. The van der Waals surface area contributed by atoms with Gasteiger partial charge in [0, 0.05) is 27.4 Å². The van der Waals surface area contributed by atoms with Crippen LogP contribution >= 0.6 is 15.9 Å². The highest BCUT2D eigenvalue weighted by atomic mass is 79.9. The van der Waals surface area contributed by atoms with Crippen molar-refractivity contribution in [3.8, 4) is 17.2 Å². The van der Waals surface area contributed by atoms with E-state index in [1.807, 2.05) is 25.1 Å². The molecule has 1 amide bonds. The van der Waals surface area contributed by atoms with Crippen LogP contribution in [-0.4, -0.2) is 25.6 Å². The van der Waals surface area contributed by atoms with Crippen molar-refractivity contribution < 1.29 is 23.8 Å². The molecule has 0 spiro atoms. The van der Waals surface area contributed by atoms with Gasteiger partial charge in [0.15, 0.2) is 0 Å². The lowest BCUT2D eigenvalue weighted by Crippen LogP contribution is -2.12. The van der Waals surface area contributed by atoms with Gasteiger partial charge in [-0.25, -0.2) is 4.79 Å². The molecule has 164 valence electrons. The number of hydrogen-bond donors (Lipinski definition) is 1. The number of methoxy groups -OCH3 is 1. The van der Waals surface area contributed by atoms with E-state index in [1.165, 1.54) is 6.08 Å². The molecule has 32 heavy (non-hydrogen) atoms. The molecule has 0 aromatic heterocycles. The lowest BCUT2D eigenvalue weighted by molar-refractivity contribution is -0.128. The Morgan fingerprint density at radius 1 is 0.969 bits per heavy atom. The quantitative estimate of drug-likeness (QED) is 0.245. The summed E-state index contributed by atoms with van der Waals surface area (Å²) in [5.74, 6) is 0.901. The van der Waals surface area contributed by atoms with Gasteiger partial charge >= 0.3 is 5.97 Å². The van der Waals surface area contributed by atoms with E-state index < -0.39 is 5.97 Å². The molecule has 0 aliphatic carbocycles. The maximum absolute atomic E-state index is 12.4. The van der Waals surface area contributed by atoms with Crippen molar-refractivity contribution in [1.29, 1.82) is 0 Å². The molecule has 3 rings (SSSR count). The normalized spacial score (nSPS) is 10.6. The highest BCUT2D eigenvalue weighted by molar-refractivity contribution is 9.10. The number of anilines is 1. The smallest absolute Gasteiger partial charge is 0.336 e. The fraction of sp³-hybridized carbons (Fsp3) is 0.120. The zero-order valence-electron chi connectivity index (χ0n) is 17.6. The Morgan fingerprint density at radius 2 is 1.66 bits per heavy atom. The molecule has 1 N–H and O–H groups in total. The van der Waals surface area contributed by atoms with Gasteiger partial charge in [-0.2, -0.15) is 0 Å². The van der Waals surface area contributed by atoms with Gasteiger partial charge in [0.05, 0.1) is 13.7 Å². The molecule has 0 aliphatic heterocycles. The van der Waals surface area contributed by atoms with E-state index in [0.29, 0.717) is 35.1 Å². The van der Waals surface area contributed by atoms with Crippen LogP contribution in [0.3, 0.4) is 0 Å². The zero-order valence-corrected chi connectivity index (χ0v) is 19.2. The molecule has 0 bridgehead atoms. The summed E-state index contributed by atoms with van der Waals surface area (Å²) in [5.41, 5.74) is 1.84. The van der Waals surface area contributed by atoms with Gasteiger partial charge < -0.3 is 19.5 Å². The van der Waals surface area contributed by atoms with Crippen LogP contribution < -0.4 is 19.5 Å². The summed E-state index contributed by atoms with van der Waals surface area (Å²) in [6.07, 6.45) is 2.96. The number of esters is 1. The summed E-state index contributed by atoms with van der Waals surface area (Å²) in [6, 6.07) is 18.9. The molecular formula is C25H22BrNO5. The molecular weight excluding hydrogens is 474 g/mol. The van der Waals surface area contributed by atoms with Crippen LogP contribution in [0, 0.1) is 0 Å². The van der Waals surface area contributed by atoms with Crippen molar-refractivity contribution in [2.75, 3.05) is 19.0 Å². The van der Waals surface area contributed by atoms with Gasteiger partial charge in [-0.05, 0) is 79.7 Å². The molecule has 0 radical (unpaired) electrons. The first kappa shape index (κ1) is 23.1. The van der Waals surface area contributed by atoms with E-state index in [2.05, 4.69) is 21.2 Å². The molecule has 7 heteroatoms. The number of nitrogens with one attached hydrogen (secondary N) is 1. The number of rotatable bonds is 8. The van der Waals surface area contributed by atoms with Crippen molar-refractivity contribution >= 4 is 39.6 Å². The Kier molecular flexibility index (Phi) is 8.05. The molecule has 0 saturated heterocycles. The summed E-state index contributed by atoms with van der Waals surface area (Å²) in [5, 5.41) is 2.80. The van der Waals surface area contributed by atoms with E-state index in [9.17, 15) is 9.59 Å². The molecule has 0 aliphatic rings. The minimum absolute atomic E-state index is 0.272. The van der Waals surface area contributed by atoms with Crippen LogP contribution in [0.4, 0.5) is 5.69 Å². The van der Waals surface area contributed by atoms with Crippen molar-refractivity contribution in [3.63, 3.8) is 0 Å². The van der Waals surface area contributed by atoms with Gasteiger partial charge in [0.2, 0.25) is 0 Å². The third kappa shape index (κ3) is 6.46. The van der Waals surface area contributed by atoms with Gasteiger partial charge in [0.25, 0.3) is 5.91 Å². The number of hydrogen-bond acceptors (Lipinski definition) is 5. The van der Waals surface area contributed by atoms with E-state index in [0.717, 1.165) is 10.0 Å². The Labute approximate surface area is 194 Å². The van der Waals surface area contributed by atoms with Crippen molar-refractivity contribution in [3.05, 3.63) is 88.4 Å². The van der Waals surface area contributed by atoms with Gasteiger partial charge in [-0.3, -0.25) is 4.79 Å². The lowest BCUT2D eigenvalue weighted by atomic mass is 10.2. The number of benzene rings is 3. The Morgan fingerprint density at radius 3 is 2.31 bits per heavy atom. The third-order valence-electron chi connectivity index (χ3n) is 4.35. The van der Waals surface area contributed by atoms with Crippen LogP contribution in [0.5, 0.6) is 17.2 Å². The molecule has 0 saturated carbocycles. The summed E-state index contributed by atoms with van der Waals surface area (Å²) >= 11 is 3.41. The fourth-order valence-electron chi connectivity index (χ4n) is 2.80. The number of halogens is 1. The average molecular weight is 496 g/mol. The van der Waals surface area contributed by atoms with E-state index >= 15 is 0 Å². The monoisotopic (exact) mass is 495 g/mol. The second kappa shape index (κ2) is 11.2. The van der Waals surface area contributed by atoms with Crippen LogP contribution in [0.1, 0.15) is 22.8 Å². The summed E-state index contributed by atoms with van der Waals surface area (Å²) in [7, 11) is 1.58. The molecule has 0 unspecified atom stereocenters. The Bertz CT molecular complexity index is 1110. The van der Waals surface area contributed by atoms with Crippen LogP contribution in [0.15, 0.2) is 77.3 Å². The topological polar surface area (TPSA) is 73.9 Å². The lowest BCUT2D eigenvalue weighted by Gasteiger charge is -2.08. The Hall–Kier alpha value is -3.58. The molecule has 6 nitrogen and oxygen atoms in total. The predicted molar refractivity (Wildman–Crippen MR) is 127 cm³/mol. The summed E-state index contributed by atoms with van der Waals surface area (Å²) in [6.45, 7) is 2.41. The highest BCUT2D eigenvalue weighted by Gasteiger charge is 2.08. The molecule has 3 aromatic rings. The van der Waals surface area contributed by atoms with Gasteiger partial charge in [-0.15, -0.1) is 0 Å². The number of ether oxygens (including phenoxy) is 3. The fourth-order valence-corrected chi connectivity index (χ4v) is 3.18. The van der Waals surface area contributed by atoms with Crippen LogP contribution in [0.2, 0.25) is 0 Å². The molecule has 0 atom stereocenters. The van der Waals surface area contributed by atoms with Crippen molar-refractivity contribution in [2.45, 2.75) is 6.92 Å². The highest BCUT2D eigenvalue weighted by Crippen LogP contribution is 2.25. The second-order valence-corrected chi connectivity index (χ2v) is 7.49. The van der Waals surface area contributed by atoms with Gasteiger partial charge in [0.1, 0.15) is 17.2 Å². The largest absolute Gasteiger partial charge is 0.497 e. The van der Waals surface area contributed by atoms with Crippen molar-refractivity contribution in [2.24, 2.45) is 0 Å². The SMILES string of the molecule is CCOc1ccc(Br)cc1/C=C/C(=O)Oc1ccc(C(=O)Nc2ccc(OC)cc2)cc1. The number of carbonyl (C=O) groups excluding carboxylic acids is 2. The predicted octanol–water partition coefficient (Wildman–Crippen LogP) is 5.73. The second-order valence-electron chi connectivity index (χ2n) is 6.58. The van der Waals surface area contributed by atoms with Crippen molar-refractivity contribution in [1.82, 2.24) is 0 Å². The third-order valence-corrected chi connectivity index (χ3v) is 4.85. The molecule has 0 heterocycles. The Balaban J connectivity index is 1.60. The maximum atomic E-state index is 12.4. The maximum Gasteiger partial charge on any atom is 0.336 e. The standard InChI is InChI=1S/C25H22BrNO5/c1-3-31-23-14-7-19(26)16-18(23)6-15-24(28)32-22-10-4-17(5-11-22)25(29)27-20-8-12-21(30-2)13-9-20/h4-16H,3H2,1-2H3,(H,27,29)/b15-6+. The van der Waals surface area contributed by atoms with E-state index in [1.54, 1.807) is 61.7 Å². The first-order valence-corrected chi connectivity index (χ1v) is 10.7. The summed E-state index contributed by atoms with van der Waals surface area (Å²) < 4.78 is 16.9. The minimum atomic E-state index is -0.539. The molecule has 3 aromatic carbocycles. The number of carbonyl (C=O) groups is 2. The first-order chi connectivity index (χ1) is 15.5. The first-order valence-electron chi connectivity index (χ1n) is 9.86. The van der Waals surface area contributed by atoms with Crippen LogP contribution in [-0.2, 0) is 4.79 Å². The minimum Gasteiger partial charge on any atom is -0.497 e. The zero-order chi connectivity index (χ0) is 22.9. The summed E-state index contributed by atoms with van der Waals surface area (Å²) in [4.78, 5) is 24.6. The van der Waals surface area contributed by atoms with Gasteiger partial charge in [-0.1, -0.05) is 15.9 Å². The average Bonchev–Trinajstić information content (AvgIpc) is 2.80.